The average Bonchev–Trinajstić information content (AvgIpc) is 2.37. The Morgan fingerprint density at radius 3 is 2.65 bits per heavy atom. The third kappa shape index (κ3) is 3.35. The van der Waals surface area contributed by atoms with Crippen LogP contribution in [0.3, 0.4) is 0 Å². The minimum absolute atomic E-state index is 0.0848. The number of carbonyl (C=O) groups excluding carboxylic acids is 1. The monoisotopic (exact) mass is 238 g/mol. The summed E-state index contributed by atoms with van der Waals surface area (Å²) in [7, 11) is 3.07. The van der Waals surface area contributed by atoms with Gasteiger partial charge in [0, 0.05) is 12.6 Å². The third-order valence-corrected chi connectivity index (χ3v) is 2.38. The Bertz CT molecular complexity index is 393. The second kappa shape index (κ2) is 6.10. The number of methoxy groups -OCH3 is 2. The van der Waals surface area contributed by atoms with Crippen LogP contribution in [0.15, 0.2) is 18.2 Å². The third-order valence-electron chi connectivity index (χ3n) is 2.38. The molecule has 0 radical (unpaired) electrons. The predicted octanol–water partition coefficient (Wildman–Crippen LogP) is 0.781. The molecule has 0 spiro atoms. The molecule has 3 N–H and O–H groups in total. The Morgan fingerprint density at radius 2 is 2.12 bits per heavy atom. The molecule has 0 saturated heterocycles. The van der Waals surface area contributed by atoms with Gasteiger partial charge in [-0.3, -0.25) is 4.79 Å². The molecule has 1 rings (SSSR count). The Morgan fingerprint density at radius 1 is 1.41 bits per heavy atom. The van der Waals surface area contributed by atoms with Gasteiger partial charge < -0.3 is 20.5 Å². The number of amides is 1. The summed E-state index contributed by atoms with van der Waals surface area (Å²) < 4.78 is 10.2. The van der Waals surface area contributed by atoms with E-state index in [9.17, 15) is 4.79 Å². The Kier molecular flexibility index (Phi) is 4.78. The molecule has 1 atom stereocenters. The van der Waals surface area contributed by atoms with E-state index < -0.39 is 0 Å². The van der Waals surface area contributed by atoms with Gasteiger partial charge in [0.15, 0.2) is 0 Å². The molecule has 94 valence electrons. The van der Waals surface area contributed by atoms with Gasteiger partial charge in [-0.15, -0.1) is 0 Å². The van der Waals surface area contributed by atoms with Gasteiger partial charge in [-0.25, -0.2) is 0 Å². The van der Waals surface area contributed by atoms with Gasteiger partial charge in [-0.05, 0) is 25.1 Å². The number of rotatable bonds is 5. The molecule has 0 aliphatic rings. The van der Waals surface area contributed by atoms with Gasteiger partial charge in [0.1, 0.15) is 11.5 Å². The number of benzene rings is 1. The fourth-order valence-corrected chi connectivity index (χ4v) is 1.35. The summed E-state index contributed by atoms with van der Waals surface area (Å²) in [5.74, 6) is 0.891. The molecule has 5 nitrogen and oxygen atoms in total. The highest BCUT2D eigenvalue weighted by molar-refractivity contribution is 5.97. The second-order valence-electron chi connectivity index (χ2n) is 3.68. The van der Waals surface area contributed by atoms with Crippen LogP contribution in [0.25, 0.3) is 0 Å². The number of nitrogens with two attached hydrogens (primary N) is 1. The molecule has 5 heteroatoms. The Hall–Kier alpha value is -1.75. The van der Waals surface area contributed by atoms with Crippen LogP contribution in [0, 0.1) is 0 Å². The molecule has 17 heavy (non-hydrogen) atoms. The minimum atomic E-state index is -0.223. The topological polar surface area (TPSA) is 73.6 Å². The van der Waals surface area contributed by atoms with Crippen LogP contribution in [0.4, 0.5) is 0 Å². The lowest BCUT2D eigenvalue weighted by Crippen LogP contribution is -2.37. The molecule has 1 amide bonds. The lowest BCUT2D eigenvalue weighted by Gasteiger charge is -2.14. The van der Waals surface area contributed by atoms with Crippen molar-refractivity contribution in [3.63, 3.8) is 0 Å². The standard InChI is InChI=1S/C12H18N2O3/c1-8(7-13)14-12(15)10-6-9(16-2)4-5-11(10)17-3/h4-6,8H,7,13H2,1-3H3,(H,14,15)/t8-/m1/s1. The quantitative estimate of drug-likeness (QED) is 0.795. The van der Waals surface area contributed by atoms with E-state index in [1.807, 2.05) is 6.92 Å². The van der Waals surface area contributed by atoms with Crippen molar-refractivity contribution in [2.75, 3.05) is 20.8 Å². The first kappa shape index (κ1) is 13.3. The fourth-order valence-electron chi connectivity index (χ4n) is 1.35. The first-order valence-corrected chi connectivity index (χ1v) is 5.35. The molecule has 0 aromatic heterocycles. The summed E-state index contributed by atoms with van der Waals surface area (Å²) in [5.41, 5.74) is 5.89. The maximum absolute atomic E-state index is 12.0. The number of ether oxygens (including phenoxy) is 2. The maximum Gasteiger partial charge on any atom is 0.255 e. The SMILES string of the molecule is COc1ccc(OC)c(C(=O)N[C@H](C)CN)c1. The number of carbonyl (C=O) groups is 1. The summed E-state index contributed by atoms with van der Waals surface area (Å²) in [6.45, 7) is 2.22. The number of nitrogens with one attached hydrogen (secondary N) is 1. The van der Waals surface area contributed by atoms with Gasteiger partial charge in [0.25, 0.3) is 5.91 Å². The molecule has 0 aliphatic heterocycles. The van der Waals surface area contributed by atoms with Crippen LogP contribution in [-0.2, 0) is 0 Å². The van der Waals surface area contributed by atoms with E-state index in [1.165, 1.54) is 7.11 Å². The number of hydrogen-bond acceptors (Lipinski definition) is 4. The molecule has 0 saturated carbocycles. The first-order valence-electron chi connectivity index (χ1n) is 5.35. The van der Waals surface area contributed by atoms with Crippen LogP contribution >= 0.6 is 0 Å². The summed E-state index contributed by atoms with van der Waals surface area (Å²) in [5, 5.41) is 2.77. The van der Waals surface area contributed by atoms with Crippen molar-refractivity contribution >= 4 is 5.91 Å². The van der Waals surface area contributed by atoms with Gasteiger partial charge in [-0.1, -0.05) is 0 Å². The van der Waals surface area contributed by atoms with Crippen LogP contribution in [0.1, 0.15) is 17.3 Å². The normalized spacial score (nSPS) is 11.8. The smallest absolute Gasteiger partial charge is 0.255 e. The fraction of sp³-hybridized carbons (Fsp3) is 0.417. The molecule has 0 bridgehead atoms. The first-order chi connectivity index (χ1) is 8.12. The van der Waals surface area contributed by atoms with Crippen LogP contribution in [0.2, 0.25) is 0 Å². The van der Waals surface area contributed by atoms with E-state index in [4.69, 9.17) is 15.2 Å². The maximum atomic E-state index is 12.0. The van der Waals surface area contributed by atoms with Gasteiger partial charge >= 0.3 is 0 Å². The average molecular weight is 238 g/mol. The molecule has 1 aromatic carbocycles. The summed E-state index contributed by atoms with van der Waals surface area (Å²) in [6, 6.07) is 4.98. The van der Waals surface area contributed by atoms with Crippen LogP contribution < -0.4 is 20.5 Å². The van der Waals surface area contributed by atoms with Crippen molar-refractivity contribution in [3.8, 4) is 11.5 Å². The van der Waals surface area contributed by atoms with Crippen molar-refractivity contribution < 1.29 is 14.3 Å². The van der Waals surface area contributed by atoms with Crippen molar-refractivity contribution in [2.24, 2.45) is 5.73 Å². The number of hydrogen-bond donors (Lipinski definition) is 2. The molecule has 0 aliphatic carbocycles. The molecule has 0 unspecified atom stereocenters. The van der Waals surface area contributed by atoms with Crippen LogP contribution in [0.5, 0.6) is 11.5 Å². The van der Waals surface area contributed by atoms with E-state index in [2.05, 4.69) is 5.32 Å². The van der Waals surface area contributed by atoms with E-state index >= 15 is 0 Å². The van der Waals surface area contributed by atoms with E-state index in [0.29, 0.717) is 23.6 Å². The lowest BCUT2D eigenvalue weighted by molar-refractivity contribution is 0.0938. The summed E-state index contributed by atoms with van der Waals surface area (Å²) in [6.07, 6.45) is 0. The molecule has 0 fully saturated rings. The summed E-state index contributed by atoms with van der Waals surface area (Å²) >= 11 is 0. The van der Waals surface area contributed by atoms with Crippen molar-refractivity contribution in [1.82, 2.24) is 5.32 Å². The van der Waals surface area contributed by atoms with E-state index in [-0.39, 0.29) is 11.9 Å². The van der Waals surface area contributed by atoms with Crippen molar-refractivity contribution in [1.29, 1.82) is 0 Å². The van der Waals surface area contributed by atoms with E-state index in [1.54, 1.807) is 25.3 Å². The van der Waals surface area contributed by atoms with Crippen molar-refractivity contribution in [3.05, 3.63) is 23.8 Å². The Balaban J connectivity index is 2.97. The second-order valence-corrected chi connectivity index (χ2v) is 3.68. The molecule has 1 aromatic rings. The van der Waals surface area contributed by atoms with Gasteiger partial charge in [0.05, 0.1) is 19.8 Å². The van der Waals surface area contributed by atoms with Crippen LogP contribution in [-0.4, -0.2) is 32.7 Å². The van der Waals surface area contributed by atoms with Gasteiger partial charge in [0.2, 0.25) is 0 Å². The molecular formula is C12H18N2O3. The van der Waals surface area contributed by atoms with Gasteiger partial charge in [-0.2, -0.15) is 0 Å². The van der Waals surface area contributed by atoms with E-state index in [0.717, 1.165) is 0 Å². The highest BCUT2D eigenvalue weighted by Gasteiger charge is 2.14. The summed E-state index contributed by atoms with van der Waals surface area (Å²) in [4.78, 5) is 12.0. The zero-order valence-electron chi connectivity index (χ0n) is 10.3. The zero-order valence-corrected chi connectivity index (χ0v) is 10.3. The lowest BCUT2D eigenvalue weighted by atomic mass is 10.1. The minimum Gasteiger partial charge on any atom is -0.497 e. The molecular weight excluding hydrogens is 220 g/mol. The largest absolute Gasteiger partial charge is 0.497 e. The Labute approximate surface area is 101 Å². The highest BCUT2D eigenvalue weighted by Crippen LogP contribution is 2.23. The molecule has 0 heterocycles. The zero-order chi connectivity index (χ0) is 12.8. The predicted molar refractivity (Wildman–Crippen MR) is 65.5 cm³/mol. The van der Waals surface area contributed by atoms with Crippen molar-refractivity contribution in [2.45, 2.75) is 13.0 Å². The highest BCUT2D eigenvalue weighted by atomic mass is 16.5.